The predicted molar refractivity (Wildman–Crippen MR) is 74.4 cm³/mol. The van der Waals surface area contributed by atoms with Crippen LogP contribution < -0.4 is 10.2 Å². The minimum Gasteiger partial charge on any atom is -0.388 e. The summed E-state index contributed by atoms with van der Waals surface area (Å²) in [5.74, 6) is 0.0347. The molecule has 1 fully saturated rings. The molecule has 1 aliphatic heterocycles. The molecule has 1 unspecified atom stereocenters. The van der Waals surface area contributed by atoms with E-state index >= 15 is 0 Å². The van der Waals surface area contributed by atoms with Crippen LogP contribution in [0.1, 0.15) is 43.4 Å². The van der Waals surface area contributed by atoms with Gasteiger partial charge in [0.25, 0.3) is 0 Å². The molecule has 1 amide bonds. The van der Waals surface area contributed by atoms with Crippen LogP contribution in [0.25, 0.3) is 0 Å². The van der Waals surface area contributed by atoms with E-state index in [0.29, 0.717) is 6.54 Å². The number of aromatic nitrogens is 1. The Balaban J connectivity index is 1.96. The van der Waals surface area contributed by atoms with Crippen LogP contribution >= 0.6 is 11.3 Å². The van der Waals surface area contributed by atoms with Gasteiger partial charge in [0.15, 0.2) is 5.13 Å². The zero-order valence-electron chi connectivity index (χ0n) is 11.3. The number of aryl methyl sites for hydroxylation is 1. The van der Waals surface area contributed by atoms with E-state index in [0.717, 1.165) is 41.5 Å². The Morgan fingerprint density at radius 1 is 1.53 bits per heavy atom. The fraction of sp³-hybridized carbons (Fsp3) is 0.692. The lowest BCUT2D eigenvalue weighted by Gasteiger charge is -2.41. The van der Waals surface area contributed by atoms with Crippen molar-refractivity contribution < 1.29 is 9.90 Å². The van der Waals surface area contributed by atoms with Crippen LogP contribution in [-0.2, 0) is 11.2 Å². The van der Waals surface area contributed by atoms with Crippen molar-refractivity contribution in [1.29, 1.82) is 0 Å². The summed E-state index contributed by atoms with van der Waals surface area (Å²) >= 11 is 1.54. The van der Waals surface area contributed by atoms with Crippen LogP contribution in [0.3, 0.4) is 0 Å². The summed E-state index contributed by atoms with van der Waals surface area (Å²) in [6.45, 7) is 5.24. The lowest BCUT2D eigenvalue weighted by Crippen LogP contribution is -2.62. The number of hydrogen-bond donors (Lipinski definition) is 2. The van der Waals surface area contributed by atoms with Gasteiger partial charge in [-0.25, -0.2) is 4.98 Å². The molecule has 0 spiro atoms. The molecular weight excluding hydrogens is 262 g/mol. The number of rotatable bonds is 1. The van der Waals surface area contributed by atoms with Crippen LogP contribution in [0.5, 0.6) is 0 Å². The van der Waals surface area contributed by atoms with Crippen molar-refractivity contribution in [2.24, 2.45) is 0 Å². The number of anilines is 1. The molecule has 0 radical (unpaired) electrons. The van der Waals surface area contributed by atoms with E-state index in [4.69, 9.17) is 0 Å². The molecule has 1 aliphatic carbocycles. The number of hydrogen-bond acceptors (Lipinski definition) is 5. The molecule has 2 N–H and O–H groups in total. The molecular formula is C13H19N3O2S. The third-order valence-electron chi connectivity index (χ3n) is 3.99. The number of aliphatic hydroxyl groups is 1. The molecule has 5 nitrogen and oxygen atoms in total. The van der Waals surface area contributed by atoms with Crippen molar-refractivity contribution in [1.82, 2.24) is 10.3 Å². The molecule has 6 heteroatoms. The SMILES string of the molecule is CC1(C)C(=O)NCCN1c1nc2c(s1)C(O)CCC2. The molecule has 1 aromatic heterocycles. The Bertz CT molecular complexity index is 512. The molecule has 2 heterocycles. The van der Waals surface area contributed by atoms with Crippen LogP contribution in [0, 0.1) is 0 Å². The average molecular weight is 281 g/mol. The quantitative estimate of drug-likeness (QED) is 0.812. The van der Waals surface area contributed by atoms with E-state index in [1.54, 1.807) is 0 Å². The number of aliphatic hydroxyl groups excluding tert-OH is 1. The molecule has 0 saturated carbocycles. The number of nitrogens with zero attached hydrogens (tertiary/aromatic N) is 2. The van der Waals surface area contributed by atoms with Gasteiger partial charge in [0.2, 0.25) is 5.91 Å². The fourth-order valence-corrected chi connectivity index (χ4v) is 4.04. The normalized spacial score (nSPS) is 25.9. The monoisotopic (exact) mass is 281 g/mol. The van der Waals surface area contributed by atoms with Crippen molar-refractivity contribution in [3.8, 4) is 0 Å². The van der Waals surface area contributed by atoms with Gasteiger partial charge in [-0.15, -0.1) is 0 Å². The second kappa shape index (κ2) is 4.45. The van der Waals surface area contributed by atoms with Crippen molar-refractivity contribution in [2.75, 3.05) is 18.0 Å². The smallest absolute Gasteiger partial charge is 0.245 e. The number of piperazine rings is 1. The van der Waals surface area contributed by atoms with Crippen LogP contribution in [0.15, 0.2) is 0 Å². The maximum Gasteiger partial charge on any atom is 0.245 e. The maximum absolute atomic E-state index is 12.0. The zero-order chi connectivity index (χ0) is 13.6. The van der Waals surface area contributed by atoms with E-state index in [1.165, 1.54) is 11.3 Å². The van der Waals surface area contributed by atoms with Crippen molar-refractivity contribution in [3.05, 3.63) is 10.6 Å². The Morgan fingerprint density at radius 3 is 3.05 bits per heavy atom. The topological polar surface area (TPSA) is 65.5 Å². The van der Waals surface area contributed by atoms with Gasteiger partial charge in [-0.05, 0) is 33.1 Å². The van der Waals surface area contributed by atoms with Crippen LogP contribution in [0.2, 0.25) is 0 Å². The van der Waals surface area contributed by atoms with Gasteiger partial charge in [-0.2, -0.15) is 0 Å². The molecule has 1 aromatic rings. The maximum atomic E-state index is 12.0. The van der Waals surface area contributed by atoms with Gasteiger partial charge in [-0.3, -0.25) is 4.79 Å². The molecule has 1 atom stereocenters. The van der Waals surface area contributed by atoms with E-state index in [1.807, 2.05) is 13.8 Å². The second-order valence-corrected chi connectivity index (χ2v) is 6.69. The predicted octanol–water partition coefficient (Wildman–Crippen LogP) is 1.23. The number of amides is 1. The van der Waals surface area contributed by atoms with Gasteiger partial charge in [0.1, 0.15) is 5.54 Å². The molecule has 104 valence electrons. The zero-order valence-corrected chi connectivity index (χ0v) is 12.1. The highest BCUT2D eigenvalue weighted by Gasteiger charge is 2.40. The summed E-state index contributed by atoms with van der Waals surface area (Å²) in [6.07, 6.45) is 2.36. The van der Waals surface area contributed by atoms with E-state index in [2.05, 4.69) is 15.2 Å². The first-order chi connectivity index (χ1) is 9.00. The van der Waals surface area contributed by atoms with Crippen LogP contribution in [-0.4, -0.2) is 34.6 Å². The average Bonchev–Trinajstić information content (AvgIpc) is 2.77. The first-order valence-corrected chi connectivity index (χ1v) is 7.55. The van der Waals surface area contributed by atoms with E-state index in [9.17, 15) is 9.90 Å². The Hall–Kier alpha value is -1.14. The van der Waals surface area contributed by atoms with Crippen molar-refractivity contribution in [2.45, 2.75) is 44.8 Å². The summed E-state index contributed by atoms with van der Waals surface area (Å²) in [5.41, 5.74) is 0.435. The first kappa shape index (κ1) is 12.9. The van der Waals surface area contributed by atoms with Gasteiger partial charge < -0.3 is 15.3 Å². The lowest BCUT2D eigenvalue weighted by molar-refractivity contribution is -0.126. The summed E-state index contributed by atoms with van der Waals surface area (Å²) in [4.78, 5) is 19.7. The second-order valence-electron chi connectivity index (χ2n) is 5.68. The lowest BCUT2D eigenvalue weighted by atomic mass is 9.99. The van der Waals surface area contributed by atoms with Gasteiger partial charge >= 0.3 is 0 Å². The molecule has 2 aliphatic rings. The molecule has 3 rings (SSSR count). The highest BCUT2D eigenvalue weighted by atomic mass is 32.1. The Labute approximate surface area is 116 Å². The first-order valence-electron chi connectivity index (χ1n) is 6.74. The van der Waals surface area contributed by atoms with Crippen LogP contribution in [0.4, 0.5) is 5.13 Å². The van der Waals surface area contributed by atoms with E-state index in [-0.39, 0.29) is 12.0 Å². The number of carbonyl (C=O) groups excluding carboxylic acids is 1. The molecule has 19 heavy (non-hydrogen) atoms. The third-order valence-corrected chi connectivity index (χ3v) is 5.21. The number of nitrogens with one attached hydrogen (secondary N) is 1. The minimum atomic E-state index is -0.580. The van der Waals surface area contributed by atoms with E-state index < -0.39 is 5.54 Å². The summed E-state index contributed by atoms with van der Waals surface area (Å²) < 4.78 is 0. The van der Waals surface area contributed by atoms with Crippen molar-refractivity contribution >= 4 is 22.4 Å². The summed E-state index contributed by atoms with van der Waals surface area (Å²) in [5, 5.41) is 13.8. The minimum absolute atomic E-state index is 0.0347. The molecule has 0 bridgehead atoms. The largest absolute Gasteiger partial charge is 0.388 e. The van der Waals surface area contributed by atoms with Gasteiger partial charge in [0.05, 0.1) is 16.7 Å². The fourth-order valence-electron chi connectivity index (χ4n) is 2.73. The molecule has 1 saturated heterocycles. The Morgan fingerprint density at radius 2 is 2.32 bits per heavy atom. The summed E-state index contributed by atoms with van der Waals surface area (Å²) in [7, 11) is 0. The standard InChI is InChI=1S/C13H19N3O2S/c1-13(2)11(18)14-6-7-16(13)12-15-8-4-3-5-9(17)10(8)19-12/h9,17H,3-7H2,1-2H3,(H,14,18). The highest BCUT2D eigenvalue weighted by molar-refractivity contribution is 7.15. The van der Waals surface area contributed by atoms with Gasteiger partial charge in [-0.1, -0.05) is 11.3 Å². The van der Waals surface area contributed by atoms with Crippen molar-refractivity contribution in [3.63, 3.8) is 0 Å². The Kier molecular flexibility index (Phi) is 3.02. The highest BCUT2D eigenvalue weighted by Crippen LogP contribution is 2.39. The molecule has 0 aromatic carbocycles. The number of carbonyl (C=O) groups is 1. The number of thiazole rings is 1. The third kappa shape index (κ3) is 2.03. The van der Waals surface area contributed by atoms with Gasteiger partial charge in [0, 0.05) is 13.1 Å². The number of fused-ring (bicyclic) bond motifs is 1. The summed E-state index contributed by atoms with van der Waals surface area (Å²) in [6, 6.07) is 0.